The maximum atomic E-state index is 2.44. The molecule has 0 radical (unpaired) electrons. The summed E-state index contributed by atoms with van der Waals surface area (Å²) in [5.74, 6) is 0. The first-order chi connectivity index (χ1) is 25.8. The van der Waals surface area contributed by atoms with E-state index in [4.69, 9.17) is 0 Å². The van der Waals surface area contributed by atoms with Gasteiger partial charge in [0.1, 0.15) is 0 Å². The summed E-state index contributed by atoms with van der Waals surface area (Å²) >= 11 is 5.68. The third-order valence-electron chi connectivity index (χ3n) is 10.3. The molecule has 0 atom stereocenters. The topological polar surface area (TPSA) is 3.24 Å². The Hall–Kier alpha value is -5.78. The van der Waals surface area contributed by atoms with Gasteiger partial charge in [0.25, 0.3) is 0 Å². The molecule has 11 rings (SSSR count). The molecule has 244 valence electrons. The Morgan fingerprint density at radius 2 is 0.846 bits per heavy atom. The fourth-order valence-electron chi connectivity index (χ4n) is 7.80. The summed E-state index contributed by atoms with van der Waals surface area (Å²) in [7, 11) is 0. The average molecular weight is 716 g/mol. The van der Waals surface area contributed by atoms with Crippen LogP contribution in [-0.4, -0.2) is 0 Å². The normalized spacial score (nSPS) is 11.8. The first-order valence-electron chi connectivity index (χ1n) is 17.5. The Balaban J connectivity index is 1.08. The van der Waals surface area contributed by atoms with E-state index in [1.165, 1.54) is 88.5 Å². The number of hydrogen-bond acceptors (Lipinski definition) is 4. The molecule has 0 saturated carbocycles. The maximum absolute atomic E-state index is 2.44. The standard InChI is InChI=1S/C48H29NS3/c1-2-9-30(10-3-1)31-17-22-34(23-18-31)49(35-24-19-32(20-25-35)33-21-27-44-40(29-33)36-11-4-6-15-42(36)50-44)41-14-8-13-37-38-26-28-45-46(48(38)52-47(37)41)39-12-5-7-16-43(39)51-45/h1-29H. The number of nitrogens with zero attached hydrogens (tertiary/aromatic N) is 1. The van der Waals surface area contributed by atoms with Gasteiger partial charge in [-0.3, -0.25) is 0 Å². The largest absolute Gasteiger partial charge is 0.309 e. The molecule has 0 aliphatic rings. The van der Waals surface area contributed by atoms with Crippen LogP contribution in [0.3, 0.4) is 0 Å². The van der Waals surface area contributed by atoms with E-state index < -0.39 is 0 Å². The van der Waals surface area contributed by atoms with Gasteiger partial charge in [0.05, 0.1) is 10.4 Å². The highest BCUT2D eigenvalue weighted by Crippen LogP contribution is 2.49. The second-order valence-electron chi connectivity index (χ2n) is 13.3. The average Bonchev–Trinajstić information content (AvgIpc) is 3.90. The van der Waals surface area contributed by atoms with E-state index in [2.05, 4.69) is 181 Å². The zero-order chi connectivity index (χ0) is 34.2. The Kier molecular flexibility index (Phi) is 6.84. The molecule has 0 bridgehead atoms. The van der Waals surface area contributed by atoms with Gasteiger partial charge >= 0.3 is 0 Å². The van der Waals surface area contributed by atoms with Crippen molar-refractivity contribution in [2.45, 2.75) is 0 Å². The van der Waals surface area contributed by atoms with Gasteiger partial charge < -0.3 is 4.90 Å². The Morgan fingerprint density at radius 1 is 0.308 bits per heavy atom. The number of anilines is 3. The molecule has 0 fully saturated rings. The Morgan fingerprint density at radius 3 is 1.62 bits per heavy atom. The van der Waals surface area contributed by atoms with Crippen molar-refractivity contribution in [1.82, 2.24) is 0 Å². The van der Waals surface area contributed by atoms with Crippen LogP contribution in [0.5, 0.6) is 0 Å². The summed E-state index contributed by atoms with van der Waals surface area (Å²) in [4.78, 5) is 2.44. The molecule has 0 aliphatic heterocycles. The minimum atomic E-state index is 1.13. The molecular formula is C48H29NS3. The van der Waals surface area contributed by atoms with E-state index in [-0.39, 0.29) is 0 Å². The molecular weight excluding hydrogens is 687 g/mol. The third-order valence-corrected chi connectivity index (χ3v) is 13.8. The van der Waals surface area contributed by atoms with Crippen LogP contribution >= 0.6 is 34.0 Å². The quantitative estimate of drug-likeness (QED) is 0.171. The van der Waals surface area contributed by atoms with E-state index in [1.807, 2.05) is 34.0 Å². The number of fused-ring (bicyclic) bond motifs is 10. The summed E-state index contributed by atoms with van der Waals surface area (Å²) in [6.07, 6.45) is 0. The van der Waals surface area contributed by atoms with E-state index in [1.54, 1.807) is 0 Å². The van der Waals surface area contributed by atoms with Crippen LogP contribution < -0.4 is 4.90 Å². The third kappa shape index (κ3) is 4.72. The second-order valence-corrected chi connectivity index (χ2v) is 16.5. The summed E-state index contributed by atoms with van der Waals surface area (Å²) in [6, 6.07) is 64.7. The molecule has 0 spiro atoms. The van der Waals surface area contributed by atoms with Crippen LogP contribution in [0.4, 0.5) is 17.1 Å². The van der Waals surface area contributed by atoms with Gasteiger partial charge in [0, 0.05) is 67.2 Å². The van der Waals surface area contributed by atoms with Crippen LogP contribution in [0.15, 0.2) is 176 Å². The Bertz CT molecular complexity index is 3110. The van der Waals surface area contributed by atoms with Crippen molar-refractivity contribution in [3.8, 4) is 22.3 Å². The van der Waals surface area contributed by atoms with Crippen LogP contribution in [-0.2, 0) is 0 Å². The molecule has 1 nitrogen and oxygen atoms in total. The lowest BCUT2D eigenvalue weighted by molar-refractivity contribution is 1.30. The fourth-order valence-corrected chi connectivity index (χ4v) is 11.4. The molecule has 11 aromatic rings. The van der Waals surface area contributed by atoms with Crippen molar-refractivity contribution in [1.29, 1.82) is 0 Å². The van der Waals surface area contributed by atoms with Gasteiger partial charge in [-0.25, -0.2) is 0 Å². The number of hydrogen-bond donors (Lipinski definition) is 0. The summed E-state index contributed by atoms with van der Waals surface area (Å²) < 4.78 is 8.02. The minimum absolute atomic E-state index is 1.13. The van der Waals surface area contributed by atoms with Crippen molar-refractivity contribution < 1.29 is 0 Å². The lowest BCUT2D eigenvalue weighted by atomic mass is 10.0. The first-order valence-corrected chi connectivity index (χ1v) is 19.9. The van der Waals surface area contributed by atoms with Gasteiger partial charge in [-0.2, -0.15) is 0 Å². The lowest BCUT2D eigenvalue weighted by Crippen LogP contribution is -2.10. The molecule has 0 saturated heterocycles. The maximum Gasteiger partial charge on any atom is 0.0640 e. The summed E-state index contributed by atoms with van der Waals surface area (Å²) in [5.41, 5.74) is 8.34. The molecule has 0 aliphatic carbocycles. The van der Waals surface area contributed by atoms with Crippen molar-refractivity contribution in [3.05, 3.63) is 176 Å². The summed E-state index contributed by atoms with van der Waals surface area (Å²) in [6.45, 7) is 0. The van der Waals surface area contributed by atoms with Gasteiger partial charge in [0.15, 0.2) is 0 Å². The zero-order valence-corrected chi connectivity index (χ0v) is 30.4. The molecule has 0 N–H and O–H groups in total. The van der Waals surface area contributed by atoms with Crippen molar-refractivity contribution in [2.24, 2.45) is 0 Å². The molecule has 8 aromatic carbocycles. The van der Waals surface area contributed by atoms with E-state index in [0.717, 1.165) is 11.4 Å². The minimum Gasteiger partial charge on any atom is -0.309 e. The van der Waals surface area contributed by atoms with Gasteiger partial charge in [-0.1, -0.05) is 115 Å². The number of rotatable bonds is 5. The smallest absolute Gasteiger partial charge is 0.0640 e. The molecule has 3 aromatic heterocycles. The monoisotopic (exact) mass is 715 g/mol. The van der Waals surface area contributed by atoms with E-state index >= 15 is 0 Å². The van der Waals surface area contributed by atoms with Gasteiger partial charge in [-0.05, 0) is 82.9 Å². The SMILES string of the molecule is c1ccc(-c2ccc(N(c3ccc(-c4ccc5sc6ccccc6c5c4)cc3)c3cccc4c3sc3c4ccc4sc5ccccc5c43)cc2)cc1. The molecule has 0 amide bonds. The van der Waals surface area contributed by atoms with Crippen LogP contribution in [0.2, 0.25) is 0 Å². The molecule has 3 heterocycles. The van der Waals surface area contributed by atoms with Gasteiger partial charge in [0.2, 0.25) is 0 Å². The Labute approximate surface area is 312 Å². The zero-order valence-electron chi connectivity index (χ0n) is 27.9. The first kappa shape index (κ1) is 29.9. The predicted molar refractivity (Wildman–Crippen MR) is 231 cm³/mol. The van der Waals surface area contributed by atoms with E-state index in [9.17, 15) is 0 Å². The van der Waals surface area contributed by atoms with Gasteiger partial charge in [-0.15, -0.1) is 34.0 Å². The number of benzene rings is 8. The molecule has 0 unspecified atom stereocenters. The van der Waals surface area contributed by atoms with Crippen molar-refractivity contribution in [2.75, 3.05) is 4.90 Å². The van der Waals surface area contributed by atoms with Crippen molar-refractivity contribution >= 4 is 112 Å². The van der Waals surface area contributed by atoms with E-state index in [0.29, 0.717) is 0 Å². The highest BCUT2D eigenvalue weighted by Gasteiger charge is 2.20. The van der Waals surface area contributed by atoms with Crippen LogP contribution in [0, 0.1) is 0 Å². The second kappa shape index (κ2) is 11.9. The van der Waals surface area contributed by atoms with Crippen LogP contribution in [0.25, 0.3) is 82.8 Å². The molecule has 52 heavy (non-hydrogen) atoms. The molecule has 4 heteroatoms. The summed E-state index contributed by atoms with van der Waals surface area (Å²) in [5, 5.41) is 8.00. The lowest BCUT2D eigenvalue weighted by Gasteiger charge is -2.26. The number of thiophene rings is 3. The highest BCUT2D eigenvalue weighted by atomic mass is 32.1. The highest BCUT2D eigenvalue weighted by molar-refractivity contribution is 7.30. The fraction of sp³-hybridized carbons (Fsp3) is 0. The predicted octanol–water partition coefficient (Wildman–Crippen LogP) is 15.6. The van der Waals surface area contributed by atoms with Crippen LogP contribution in [0.1, 0.15) is 0 Å². The van der Waals surface area contributed by atoms with Crippen molar-refractivity contribution in [3.63, 3.8) is 0 Å².